The lowest BCUT2D eigenvalue weighted by molar-refractivity contribution is -0.115. The molecule has 0 amide bonds. The van der Waals surface area contributed by atoms with Crippen LogP contribution in [0.15, 0.2) is 36.4 Å². The minimum Gasteiger partial charge on any atom is -0.385 e. The third-order valence-electron chi connectivity index (χ3n) is 3.92. The first-order valence-electron chi connectivity index (χ1n) is 7.73. The number of fused-ring (bicyclic) bond motifs is 2. The molecule has 2 N–H and O–H groups in total. The Morgan fingerprint density at radius 3 is 1.76 bits per heavy atom. The molecule has 3 rings (SSSR count). The van der Waals surface area contributed by atoms with Gasteiger partial charge < -0.3 is 10.6 Å². The number of hydrogen-bond donors (Lipinski definition) is 2. The molecule has 130 valence electrons. The van der Waals surface area contributed by atoms with E-state index in [1.165, 1.54) is 18.2 Å². The van der Waals surface area contributed by atoms with Crippen molar-refractivity contribution in [2.75, 3.05) is 23.7 Å². The minimum absolute atomic E-state index is 0.00170. The van der Waals surface area contributed by atoms with Crippen LogP contribution in [0.4, 0.5) is 24.5 Å². The molecule has 0 fully saturated rings. The summed E-state index contributed by atoms with van der Waals surface area (Å²) in [6.07, 6.45) is -4.44. The van der Waals surface area contributed by atoms with Gasteiger partial charge in [-0.05, 0) is 19.1 Å². The Morgan fingerprint density at radius 2 is 1.32 bits per heavy atom. The molecule has 1 aliphatic carbocycles. The summed E-state index contributed by atoms with van der Waals surface area (Å²) in [7, 11) is 0. The molecule has 0 saturated carbocycles. The Morgan fingerprint density at radius 1 is 0.840 bits per heavy atom. The average Bonchev–Trinajstić information content (AvgIpc) is 2.57. The second-order valence-electron chi connectivity index (χ2n) is 5.61. The van der Waals surface area contributed by atoms with E-state index < -0.39 is 18.5 Å². The van der Waals surface area contributed by atoms with Crippen molar-refractivity contribution < 1.29 is 22.8 Å². The number of hydrogen-bond acceptors (Lipinski definition) is 4. The molecule has 0 atom stereocenters. The molecule has 2 aromatic rings. The lowest BCUT2D eigenvalue weighted by atomic mass is 9.82. The van der Waals surface area contributed by atoms with Gasteiger partial charge in [0.15, 0.2) is 11.6 Å². The molecule has 0 bridgehead atoms. The first-order valence-corrected chi connectivity index (χ1v) is 7.73. The van der Waals surface area contributed by atoms with E-state index in [4.69, 9.17) is 0 Å². The van der Waals surface area contributed by atoms with Gasteiger partial charge in [-0.2, -0.15) is 13.2 Å². The van der Waals surface area contributed by atoms with E-state index >= 15 is 0 Å². The highest BCUT2D eigenvalue weighted by Gasteiger charge is 2.35. The van der Waals surface area contributed by atoms with Crippen molar-refractivity contribution >= 4 is 22.9 Å². The van der Waals surface area contributed by atoms with Gasteiger partial charge in [-0.25, -0.2) is 0 Å². The van der Waals surface area contributed by atoms with E-state index in [9.17, 15) is 22.8 Å². The number of ketones is 2. The van der Waals surface area contributed by atoms with Gasteiger partial charge in [0.1, 0.15) is 6.54 Å². The van der Waals surface area contributed by atoms with E-state index in [2.05, 4.69) is 10.6 Å². The van der Waals surface area contributed by atoms with Gasteiger partial charge in [-0.3, -0.25) is 9.59 Å². The molecule has 7 heteroatoms. The number of carbonyl (C=O) groups excluding carboxylic acids is 2. The molecule has 1 aliphatic rings. The van der Waals surface area contributed by atoms with E-state index in [1.807, 2.05) is 6.92 Å². The van der Waals surface area contributed by atoms with Crippen LogP contribution < -0.4 is 10.6 Å². The quantitative estimate of drug-likeness (QED) is 0.752. The van der Waals surface area contributed by atoms with Crippen molar-refractivity contribution in [2.24, 2.45) is 0 Å². The molecule has 4 nitrogen and oxygen atoms in total. The zero-order valence-electron chi connectivity index (χ0n) is 13.3. The van der Waals surface area contributed by atoms with Crippen molar-refractivity contribution in [2.45, 2.75) is 13.1 Å². The van der Waals surface area contributed by atoms with E-state index in [1.54, 1.807) is 18.2 Å². The summed E-state index contributed by atoms with van der Waals surface area (Å²) in [6.45, 7) is 1.04. The predicted molar refractivity (Wildman–Crippen MR) is 88.5 cm³/mol. The van der Waals surface area contributed by atoms with Gasteiger partial charge in [0.2, 0.25) is 0 Å². The van der Waals surface area contributed by atoms with E-state index in [0.29, 0.717) is 12.2 Å². The highest BCUT2D eigenvalue weighted by Crippen LogP contribution is 2.36. The van der Waals surface area contributed by atoms with Crippen LogP contribution in [0.25, 0.3) is 0 Å². The monoisotopic (exact) mass is 348 g/mol. The number of rotatable bonds is 4. The third kappa shape index (κ3) is 3.09. The fraction of sp³-hybridized carbons (Fsp3) is 0.222. The van der Waals surface area contributed by atoms with Crippen molar-refractivity contribution in [3.8, 4) is 0 Å². The molecule has 25 heavy (non-hydrogen) atoms. The Labute approximate surface area is 142 Å². The van der Waals surface area contributed by atoms with Crippen LogP contribution in [0.3, 0.4) is 0 Å². The Kier molecular flexibility index (Phi) is 4.24. The van der Waals surface area contributed by atoms with Crippen molar-refractivity contribution in [1.82, 2.24) is 0 Å². The van der Waals surface area contributed by atoms with Gasteiger partial charge in [0, 0.05) is 29.0 Å². The molecule has 0 aromatic heterocycles. The summed E-state index contributed by atoms with van der Waals surface area (Å²) in [5, 5.41) is 5.23. The first-order chi connectivity index (χ1) is 11.8. The fourth-order valence-corrected chi connectivity index (χ4v) is 2.90. The lowest BCUT2D eigenvalue weighted by Gasteiger charge is -2.24. The maximum Gasteiger partial charge on any atom is 0.405 e. The highest BCUT2D eigenvalue weighted by molar-refractivity contribution is 6.31. The summed E-state index contributed by atoms with van der Waals surface area (Å²) in [6, 6.07) is 9.22. The highest BCUT2D eigenvalue weighted by atomic mass is 19.4. The summed E-state index contributed by atoms with van der Waals surface area (Å²) >= 11 is 0. The predicted octanol–water partition coefficient (Wildman–Crippen LogP) is 3.87. The van der Waals surface area contributed by atoms with Crippen LogP contribution in [0.5, 0.6) is 0 Å². The topological polar surface area (TPSA) is 58.2 Å². The Balaban J connectivity index is 2.17. The van der Waals surface area contributed by atoms with Gasteiger partial charge in [-0.1, -0.05) is 24.3 Å². The molecule has 0 spiro atoms. The van der Waals surface area contributed by atoms with Crippen LogP contribution in [0.2, 0.25) is 0 Å². The molecule has 0 aliphatic heterocycles. The number of benzene rings is 2. The maximum atomic E-state index is 12.9. The van der Waals surface area contributed by atoms with Crippen molar-refractivity contribution in [3.63, 3.8) is 0 Å². The van der Waals surface area contributed by atoms with Crippen LogP contribution in [-0.2, 0) is 0 Å². The third-order valence-corrected chi connectivity index (χ3v) is 3.92. The largest absolute Gasteiger partial charge is 0.405 e. The zero-order chi connectivity index (χ0) is 18.2. The first kappa shape index (κ1) is 17.0. The molecule has 0 radical (unpaired) electrons. The van der Waals surface area contributed by atoms with Crippen LogP contribution in [0.1, 0.15) is 38.8 Å². The summed E-state index contributed by atoms with van der Waals surface area (Å²) in [5.41, 5.74) is 0.977. The van der Waals surface area contributed by atoms with Crippen molar-refractivity contribution in [3.05, 3.63) is 58.7 Å². The van der Waals surface area contributed by atoms with Gasteiger partial charge in [0.05, 0.1) is 11.1 Å². The zero-order valence-corrected chi connectivity index (χ0v) is 13.3. The van der Waals surface area contributed by atoms with Crippen LogP contribution >= 0.6 is 0 Å². The summed E-state index contributed by atoms with van der Waals surface area (Å²) in [4.78, 5) is 25.7. The number of carbonyl (C=O) groups is 2. The standard InChI is InChI=1S/C18H15F3N2O2/c1-2-22-12-7-8-13(23-9-18(19,20)21)15-14(12)16(24)10-5-3-4-6-11(10)17(15)25/h3-8,22-23H,2,9H2,1H3. The van der Waals surface area contributed by atoms with Gasteiger partial charge >= 0.3 is 6.18 Å². The molecule has 0 saturated heterocycles. The minimum atomic E-state index is -4.44. The lowest BCUT2D eigenvalue weighted by Crippen LogP contribution is -2.27. The summed E-state index contributed by atoms with van der Waals surface area (Å²) in [5.74, 6) is -0.841. The number of halogens is 3. The van der Waals surface area contributed by atoms with Crippen LogP contribution in [-0.4, -0.2) is 30.8 Å². The summed E-state index contributed by atoms with van der Waals surface area (Å²) < 4.78 is 37.7. The second-order valence-corrected chi connectivity index (χ2v) is 5.61. The number of anilines is 2. The molecule has 0 unspecified atom stereocenters. The van der Waals surface area contributed by atoms with E-state index in [-0.39, 0.29) is 33.7 Å². The maximum absolute atomic E-state index is 12.9. The average molecular weight is 348 g/mol. The van der Waals surface area contributed by atoms with Gasteiger partial charge in [-0.15, -0.1) is 0 Å². The normalized spacial score (nSPS) is 13.3. The molecular weight excluding hydrogens is 333 g/mol. The fourth-order valence-electron chi connectivity index (χ4n) is 2.90. The van der Waals surface area contributed by atoms with Crippen molar-refractivity contribution in [1.29, 1.82) is 0 Å². The Hall–Kier alpha value is -2.83. The second kappa shape index (κ2) is 6.23. The molecule has 0 heterocycles. The number of nitrogens with one attached hydrogen (secondary N) is 2. The molecule has 2 aromatic carbocycles. The van der Waals surface area contributed by atoms with Gasteiger partial charge in [0.25, 0.3) is 0 Å². The molecular formula is C18H15F3N2O2. The van der Waals surface area contributed by atoms with E-state index in [0.717, 1.165) is 0 Å². The Bertz CT molecular complexity index is 860. The number of alkyl halides is 3. The smallest absolute Gasteiger partial charge is 0.385 e. The SMILES string of the molecule is CCNc1ccc(NCC(F)(F)F)c2c1C(=O)c1ccccc1C2=O. The van der Waals surface area contributed by atoms with Crippen LogP contribution in [0, 0.1) is 0 Å².